The minimum atomic E-state index is 0.0116. The molecule has 15 heavy (non-hydrogen) atoms. The van der Waals surface area contributed by atoms with Crippen molar-refractivity contribution in [1.29, 1.82) is 0 Å². The van der Waals surface area contributed by atoms with Crippen LogP contribution in [-0.2, 0) is 4.74 Å². The highest BCUT2D eigenvalue weighted by atomic mass is 79.9. The van der Waals surface area contributed by atoms with Crippen molar-refractivity contribution >= 4 is 15.9 Å². The van der Waals surface area contributed by atoms with Crippen LogP contribution in [0.25, 0.3) is 0 Å². The minimum absolute atomic E-state index is 0.0116. The third-order valence-corrected chi connectivity index (χ3v) is 3.34. The van der Waals surface area contributed by atoms with Crippen molar-refractivity contribution in [1.82, 2.24) is 5.43 Å². The van der Waals surface area contributed by atoms with Crippen molar-refractivity contribution in [3.63, 3.8) is 0 Å². The summed E-state index contributed by atoms with van der Waals surface area (Å²) in [5.74, 6) is 6.37. The summed E-state index contributed by atoms with van der Waals surface area (Å²) in [5, 5.41) is 0. The van der Waals surface area contributed by atoms with Crippen LogP contribution in [0.4, 0.5) is 0 Å². The Labute approximate surface area is 97.3 Å². The van der Waals surface area contributed by atoms with Crippen LogP contribution < -0.4 is 11.3 Å². The molecule has 1 aliphatic rings. The molecule has 4 nitrogen and oxygen atoms in total. The van der Waals surface area contributed by atoms with Crippen molar-refractivity contribution in [3.05, 3.63) is 22.6 Å². The minimum Gasteiger partial charge on any atom is -0.466 e. The summed E-state index contributed by atoms with van der Waals surface area (Å²) >= 11 is 3.43. The summed E-state index contributed by atoms with van der Waals surface area (Å²) in [6.07, 6.45) is 5.04. The van der Waals surface area contributed by atoms with E-state index in [-0.39, 0.29) is 6.04 Å². The van der Waals surface area contributed by atoms with Crippen molar-refractivity contribution in [3.8, 4) is 0 Å². The number of furan rings is 1. The van der Waals surface area contributed by atoms with E-state index in [4.69, 9.17) is 15.0 Å². The molecule has 0 aromatic carbocycles. The molecule has 2 rings (SSSR count). The van der Waals surface area contributed by atoms with Gasteiger partial charge < -0.3 is 9.15 Å². The summed E-state index contributed by atoms with van der Waals surface area (Å²) in [6.45, 7) is 0.862. The topological polar surface area (TPSA) is 60.4 Å². The van der Waals surface area contributed by atoms with E-state index in [1.807, 2.05) is 6.07 Å². The van der Waals surface area contributed by atoms with Crippen LogP contribution in [0.2, 0.25) is 0 Å². The lowest BCUT2D eigenvalue weighted by Gasteiger charge is -2.17. The second-order valence-corrected chi connectivity index (χ2v) is 4.58. The SMILES string of the molecule is NNC(CC1CCCO1)c1occc1Br. The highest BCUT2D eigenvalue weighted by molar-refractivity contribution is 9.10. The zero-order chi connectivity index (χ0) is 10.7. The van der Waals surface area contributed by atoms with Crippen molar-refractivity contribution in [2.24, 2.45) is 5.84 Å². The van der Waals surface area contributed by atoms with Gasteiger partial charge in [-0.2, -0.15) is 0 Å². The molecule has 5 heteroatoms. The Balaban J connectivity index is 2.00. The summed E-state index contributed by atoms with van der Waals surface area (Å²) in [6, 6.07) is 1.88. The van der Waals surface area contributed by atoms with Gasteiger partial charge in [-0.1, -0.05) is 0 Å². The van der Waals surface area contributed by atoms with E-state index in [9.17, 15) is 0 Å². The number of nitrogens with two attached hydrogens (primary N) is 1. The lowest BCUT2D eigenvalue weighted by atomic mass is 10.1. The third kappa shape index (κ3) is 2.60. The Morgan fingerprint density at radius 1 is 1.67 bits per heavy atom. The first kappa shape index (κ1) is 11.1. The van der Waals surface area contributed by atoms with Gasteiger partial charge in [0.1, 0.15) is 5.76 Å². The van der Waals surface area contributed by atoms with E-state index in [2.05, 4.69) is 21.4 Å². The molecule has 3 N–H and O–H groups in total. The summed E-state index contributed by atoms with van der Waals surface area (Å²) < 4.78 is 11.9. The first-order valence-electron chi connectivity index (χ1n) is 5.12. The van der Waals surface area contributed by atoms with Gasteiger partial charge >= 0.3 is 0 Å². The maximum atomic E-state index is 5.57. The zero-order valence-corrected chi connectivity index (χ0v) is 10.00. The largest absolute Gasteiger partial charge is 0.466 e. The molecule has 0 bridgehead atoms. The Morgan fingerprint density at radius 3 is 3.07 bits per heavy atom. The van der Waals surface area contributed by atoms with Gasteiger partial charge in [0.15, 0.2) is 0 Å². The van der Waals surface area contributed by atoms with Gasteiger partial charge in [0.05, 0.1) is 22.9 Å². The van der Waals surface area contributed by atoms with Gasteiger partial charge in [-0.05, 0) is 41.3 Å². The molecular weight excluding hydrogens is 260 g/mol. The Bertz CT molecular complexity index is 310. The molecule has 2 atom stereocenters. The van der Waals surface area contributed by atoms with Crippen LogP contribution >= 0.6 is 15.9 Å². The second kappa shape index (κ2) is 5.12. The van der Waals surface area contributed by atoms with E-state index in [1.165, 1.54) is 0 Å². The molecule has 0 amide bonds. The maximum absolute atomic E-state index is 5.57. The number of hydrogen-bond acceptors (Lipinski definition) is 4. The van der Waals surface area contributed by atoms with Crippen LogP contribution in [0, 0.1) is 0 Å². The Morgan fingerprint density at radius 2 is 2.53 bits per heavy atom. The van der Waals surface area contributed by atoms with E-state index in [0.717, 1.165) is 36.1 Å². The maximum Gasteiger partial charge on any atom is 0.136 e. The van der Waals surface area contributed by atoms with Crippen LogP contribution in [0.15, 0.2) is 21.2 Å². The van der Waals surface area contributed by atoms with Gasteiger partial charge in [0.2, 0.25) is 0 Å². The molecule has 0 saturated carbocycles. The number of rotatable bonds is 4. The molecule has 0 aliphatic carbocycles. The molecule has 0 spiro atoms. The second-order valence-electron chi connectivity index (χ2n) is 3.72. The lowest BCUT2D eigenvalue weighted by Crippen LogP contribution is -2.30. The fourth-order valence-corrected chi connectivity index (χ4v) is 2.38. The summed E-state index contributed by atoms with van der Waals surface area (Å²) in [4.78, 5) is 0. The number of nitrogens with one attached hydrogen (secondary N) is 1. The van der Waals surface area contributed by atoms with E-state index in [1.54, 1.807) is 6.26 Å². The van der Waals surface area contributed by atoms with Crippen LogP contribution in [0.1, 0.15) is 31.1 Å². The van der Waals surface area contributed by atoms with Crippen molar-refractivity contribution < 1.29 is 9.15 Å². The number of ether oxygens (including phenoxy) is 1. The number of hydrazine groups is 1. The molecule has 1 saturated heterocycles. The molecule has 1 aromatic rings. The van der Waals surface area contributed by atoms with Crippen LogP contribution in [0.5, 0.6) is 0 Å². The standard InChI is InChI=1S/C10H15BrN2O2/c11-8-3-5-15-10(8)9(13-12)6-7-2-1-4-14-7/h3,5,7,9,13H,1-2,4,6,12H2. The van der Waals surface area contributed by atoms with Crippen molar-refractivity contribution in [2.45, 2.75) is 31.4 Å². The van der Waals surface area contributed by atoms with Gasteiger partial charge in [-0.25, -0.2) is 5.43 Å². The predicted molar refractivity (Wildman–Crippen MR) is 60.1 cm³/mol. The van der Waals surface area contributed by atoms with Crippen LogP contribution in [0.3, 0.4) is 0 Å². The predicted octanol–water partition coefficient (Wildman–Crippen LogP) is 2.12. The molecule has 84 valence electrons. The lowest BCUT2D eigenvalue weighted by molar-refractivity contribution is 0.0919. The average molecular weight is 275 g/mol. The quantitative estimate of drug-likeness (QED) is 0.652. The summed E-state index contributed by atoms with van der Waals surface area (Å²) in [7, 11) is 0. The van der Waals surface area contributed by atoms with Crippen LogP contribution in [-0.4, -0.2) is 12.7 Å². The first-order chi connectivity index (χ1) is 7.31. The van der Waals surface area contributed by atoms with E-state index < -0.39 is 0 Å². The summed E-state index contributed by atoms with van der Waals surface area (Å²) in [5.41, 5.74) is 2.77. The highest BCUT2D eigenvalue weighted by Crippen LogP contribution is 2.29. The van der Waals surface area contributed by atoms with Gasteiger partial charge in [-0.3, -0.25) is 5.84 Å². The third-order valence-electron chi connectivity index (χ3n) is 2.69. The van der Waals surface area contributed by atoms with Gasteiger partial charge in [-0.15, -0.1) is 0 Å². The number of halogens is 1. The number of hydrogen-bond donors (Lipinski definition) is 2. The molecule has 1 aliphatic heterocycles. The monoisotopic (exact) mass is 274 g/mol. The molecular formula is C10H15BrN2O2. The van der Waals surface area contributed by atoms with Gasteiger partial charge in [0, 0.05) is 6.61 Å². The fraction of sp³-hybridized carbons (Fsp3) is 0.600. The normalized spacial score (nSPS) is 23.2. The van der Waals surface area contributed by atoms with E-state index >= 15 is 0 Å². The molecule has 0 radical (unpaired) electrons. The fourth-order valence-electron chi connectivity index (χ4n) is 1.90. The molecule has 2 unspecified atom stereocenters. The van der Waals surface area contributed by atoms with Crippen molar-refractivity contribution in [2.75, 3.05) is 6.61 Å². The Kier molecular flexibility index (Phi) is 3.80. The zero-order valence-electron chi connectivity index (χ0n) is 8.41. The van der Waals surface area contributed by atoms with E-state index in [0.29, 0.717) is 6.10 Å². The smallest absolute Gasteiger partial charge is 0.136 e. The first-order valence-corrected chi connectivity index (χ1v) is 5.91. The Hall–Kier alpha value is -0.360. The molecule has 1 fully saturated rings. The van der Waals surface area contributed by atoms with Gasteiger partial charge in [0.25, 0.3) is 0 Å². The average Bonchev–Trinajstić information content (AvgIpc) is 2.85. The highest BCUT2D eigenvalue weighted by Gasteiger charge is 2.24. The molecule has 2 heterocycles. The molecule has 1 aromatic heterocycles.